The molecule has 5 nitrogen and oxygen atoms in total. The third kappa shape index (κ3) is 7.67. The van der Waals surface area contributed by atoms with E-state index in [9.17, 15) is 4.79 Å². The maximum absolute atomic E-state index is 11.9. The van der Waals surface area contributed by atoms with Crippen molar-refractivity contribution in [2.75, 3.05) is 26.6 Å². The van der Waals surface area contributed by atoms with Crippen LogP contribution in [-0.4, -0.2) is 32.5 Å². The summed E-state index contributed by atoms with van der Waals surface area (Å²) in [5.74, 6) is 1.62. The van der Waals surface area contributed by atoms with Gasteiger partial charge in [0.25, 0.3) is 0 Å². The van der Waals surface area contributed by atoms with Crippen LogP contribution in [0.4, 0.5) is 5.69 Å². The summed E-state index contributed by atoms with van der Waals surface area (Å²) in [5.41, 5.74) is 2.75. The van der Waals surface area contributed by atoms with Gasteiger partial charge < -0.3 is 19.5 Å². The highest BCUT2D eigenvalue weighted by Crippen LogP contribution is 2.38. The lowest BCUT2D eigenvalue weighted by Gasteiger charge is -2.12. The Kier molecular flexibility index (Phi) is 10.1. The van der Waals surface area contributed by atoms with E-state index in [2.05, 4.69) is 11.9 Å². The average Bonchev–Trinajstić information content (AvgIpc) is 2.82. The minimum absolute atomic E-state index is 0.121. The zero-order chi connectivity index (χ0) is 23.3. The fourth-order valence-electron chi connectivity index (χ4n) is 2.81. The van der Waals surface area contributed by atoms with Crippen LogP contribution in [0, 0.1) is 0 Å². The van der Waals surface area contributed by atoms with E-state index in [0.29, 0.717) is 23.7 Å². The monoisotopic (exact) mass is 453 g/mol. The number of anilines is 1. The van der Waals surface area contributed by atoms with Crippen molar-refractivity contribution < 1.29 is 19.0 Å². The number of rotatable bonds is 12. The van der Waals surface area contributed by atoms with Gasteiger partial charge in [0.15, 0.2) is 17.3 Å². The van der Waals surface area contributed by atoms with Crippen molar-refractivity contribution in [2.45, 2.75) is 11.8 Å². The van der Waals surface area contributed by atoms with Crippen LogP contribution in [0.2, 0.25) is 0 Å². The predicted molar refractivity (Wildman–Crippen MR) is 133 cm³/mol. The highest BCUT2D eigenvalue weighted by molar-refractivity contribution is 6.21. The van der Waals surface area contributed by atoms with Gasteiger partial charge in [0, 0.05) is 18.0 Å². The Morgan fingerprint density at radius 1 is 1.03 bits per heavy atom. The van der Waals surface area contributed by atoms with Crippen molar-refractivity contribution in [3.8, 4) is 17.2 Å². The number of alkyl halides is 1. The number of carbonyl (C=O) groups is 1. The maximum atomic E-state index is 11.9. The molecule has 0 aliphatic heterocycles. The Bertz CT molecular complexity index is 986. The number of ether oxygens (including phenoxy) is 3. The van der Waals surface area contributed by atoms with Crippen LogP contribution >= 0.6 is 11.6 Å². The van der Waals surface area contributed by atoms with Gasteiger partial charge in [0.05, 0.1) is 26.7 Å². The van der Waals surface area contributed by atoms with Crippen LogP contribution < -0.4 is 19.5 Å². The minimum Gasteiger partial charge on any atom is -0.493 e. The van der Waals surface area contributed by atoms with Gasteiger partial charge in [-0.25, -0.2) is 0 Å². The standard InChI is InChI=1S/C26H28ClNO4/c1-5-21(27)9-7-11-23(29)14-15-28-22-10-6-8-19(16-22)12-13-20-17-24(30-2)26(32-4)25(18-20)31-3/h5-8,10-18,21,28H,1,9H2,2-4H3/b11-7+,13-12-,15-14-. The number of halogens is 1. The smallest absolute Gasteiger partial charge is 0.203 e. The van der Waals surface area contributed by atoms with E-state index in [-0.39, 0.29) is 11.2 Å². The van der Waals surface area contributed by atoms with Crippen LogP contribution in [0.3, 0.4) is 0 Å². The number of hydrogen-bond acceptors (Lipinski definition) is 5. The van der Waals surface area contributed by atoms with Gasteiger partial charge in [-0.3, -0.25) is 4.79 Å². The van der Waals surface area contributed by atoms with Crippen molar-refractivity contribution in [3.05, 3.63) is 84.6 Å². The van der Waals surface area contributed by atoms with Gasteiger partial charge in [-0.15, -0.1) is 18.2 Å². The molecule has 2 rings (SSSR count). The number of hydrogen-bond donors (Lipinski definition) is 1. The molecule has 0 bridgehead atoms. The first-order chi connectivity index (χ1) is 15.5. The number of benzene rings is 2. The molecule has 0 fully saturated rings. The summed E-state index contributed by atoms with van der Waals surface area (Å²) in [7, 11) is 4.75. The summed E-state index contributed by atoms with van der Waals surface area (Å²) in [6.07, 6.45) is 12.4. The Labute approximate surface area is 194 Å². The number of methoxy groups -OCH3 is 3. The first-order valence-electron chi connectivity index (χ1n) is 9.99. The normalized spacial score (nSPS) is 12.2. The van der Waals surface area contributed by atoms with E-state index in [1.165, 1.54) is 12.2 Å². The summed E-state index contributed by atoms with van der Waals surface area (Å²) in [6, 6.07) is 11.6. The third-order valence-corrected chi connectivity index (χ3v) is 4.79. The molecule has 2 aromatic carbocycles. The van der Waals surface area contributed by atoms with Gasteiger partial charge in [-0.1, -0.05) is 36.4 Å². The van der Waals surface area contributed by atoms with Crippen molar-refractivity contribution in [3.63, 3.8) is 0 Å². The molecule has 0 radical (unpaired) electrons. The van der Waals surface area contributed by atoms with E-state index in [1.54, 1.807) is 39.7 Å². The average molecular weight is 454 g/mol. The topological polar surface area (TPSA) is 56.8 Å². The van der Waals surface area contributed by atoms with Gasteiger partial charge in [0.1, 0.15) is 0 Å². The molecule has 1 atom stereocenters. The summed E-state index contributed by atoms with van der Waals surface area (Å²) in [6.45, 7) is 3.61. The van der Waals surface area contributed by atoms with Gasteiger partial charge in [0.2, 0.25) is 5.75 Å². The second kappa shape index (κ2) is 13.1. The molecule has 0 saturated carbocycles. The highest BCUT2D eigenvalue weighted by Gasteiger charge is 2.11. The molecule has 0 spiro atoms. The number of allylic oxidation sites excluding steroid dienone is 4. The van der Waals surface area contributed by atoms with Crippen molar-refractivity contribution in [1.82, 2.24) is 0 Å². The quantitative estimate of drug-likeness (QED) is 0.182. The summed E-state index contributed by atoms with van der Waals surface area (Å²) in [5, 5.41) is 2.94. The Balaban J connectivity index is 2.05. The van der Waals surface area contributed by atoms with Crippen LogP contribution in [-0.2, 0) is 4.79 Å². The predicted octanol–water partition coefficient (Wildman–Crippen LogP) is 6.12. The van der Waals surface area contributed by atoms with E-state index in [0.717, 1.165) is 16.8 Å². The fourth-order valence-corrected chi connectivity index (χ4v) is 2.91. The van der Waals surface area contributed by atoms with E-state index in [4.69, 9.17) is 25.8 Å². The summed E-state index contributed by atoms with van der Waals surface area (Å²) in [4.78, 5) is 11.9. The molecule has 0 amide bonds. The Hall–Kier alpha value is -3.44. The van der Waals surface area contributed by atoms with Crippen molar-refractivity contribution in [1.29, 1.82) is 0 Å². The van der Waals surface area contributed by atoms with Crippen molar-refractivity contribution in [2.24, 2.45) is 0 Å². The van der Waals surface area contributed by atoms with Crippen molar-refractivity contribution >= 4 is 35.2 Å². The largest absolute Gasteiger partial charge is 0.493 e. The molecule has 6 heteroatoms. The molecule has 0 aliphatic rings. The van der Waals surface area contributed by atoms with E-state index >= 15 is 0 Å². The van der Waals surface area contributed by atoms with E-state index < -0.39 is 0 Å². The number of carbonyl (C=O) groups excluding carboxylic acids is 1. The molecule has 1 unspecified atom stereocenters. The van der Waals surface area contributed by atoms with Gasteiger partial charge >= 0.3 is 0 Å². The molecule has 0 aliphatic carbocycles. The maximum Gasteiger partial charge on any atom is 0.203 e. The van der Waals surface area contributed by atoms with Crippen LogP contribution in [0.1, 0.15) is 17.5 Å². The molecule has 168 valence electrons. The Morgan fingerprint density at radius 3 is 2.34 bits per heavy atom. The van der Waals surface area contributed by atoms with Crippen LogP contribution in [0.5, 0.6) is 17.2 Å². The summed E-state index contributed by atoms with van der Waals surface area (Å²) < 4.78 is 16.1. The third-order valence-electron chi connectivity index (χ3n) is 4.44. The molecule has 0 heterocycles. The first-order valence-corrected chi connectivity index (χ1v) is 10.4. The SMILES string of the molecule is C=CC(Cl)C/C=C/C(=O)/C=C\Nc1cccc(/C=C\c2cc(OC)c(OC)c(OC)c2)c1. The fraction of sp³-hybridized carbons (Fsp3) is 0.192. The molecular weight excluding hydrogens is 426 g/mol. The Morgan fingerprint density at radius 2 is 1.72 bits per heavy atom. The minimum atomic E-state index is -0.169. The second-order valence-electron chi connectivity index (χ2n) is 6.69. The lowest BCUT2D eigenvalue weighted by Crippen LogP contribution is -1.95. The molecule has 0 saturated heterocycles. The zero-order valence-corrected chi connectivity index (χ0v) is 19.3. The number of nitrogens with one attached hydrogen (secondary N) is 1. The zero-order valence-electron chi connectivity index (χ0n) is 18.5. The first kappa shape index (κ1) is 24.8. The summed E-state index contributed by atoms with van der Waals surface area (Å²) >= 11 is 5.92. The second-order valence-corrected chi connectivity index (χ2v) is 7.25. The van der Waals surface area contributed by atoms with Crippen LogP contribution in [0.15, 0.2) is 73.5 Å². The lowest BCUT2D eigenvalue weighted by molar-refractivity contribution is -0.110. The van der Waals surface area contributed by atoms with Gasteiger partial charge in [-0.2, -0.15) is 0 Å². The molecule has 0 aromatic heterocycles. The highest BCUT2D eigenvalue weighted by atomic mass is 35.5. The molecule has 1 N–H and O–H groups in total. The molecule has 2 aromatic rings. The number of ketones is 1. The molecule has 32 heavy (non-hydrogen) atoms. The lowest BCUT2D eigenvalue weighted by atomic mass is 10.1. The van der Waals surface area contributed by atoms with E-state index in [1.807, 2.05) is 48.6 Å². The van der Waals surface area contributed by atoms with Crippen LogP contribution in [0.25, 0.3) is 12.2 Å². The molecular formula is C26H28ClNO4. The van der Waals surface area contributed by atoms with Gasteiger partial charge in [-0.05, 0) is 47.9 Å².